The first kappa shape index (κ1) is 13.8. The summed E-state index contributed by atoms with van der Waals surface area (Å²) in [5.74, 6) is -1.25. The zero-order chi connectivity index (χ0) is 11.8. The zero-order valence-corrected chi connectivity index (χ0v) is 9.50. The van der Waals surface area contributed by atoms with Crippen LogP contribution in [-0.2, 0) is 9.59 Å². The molecule has 0 radical (unpaired) electrons. The van der Waals surface area contributed by atoms with Crippen LogP contribution in [0.5, 0.6) is 0 Å². The fourth-order valence-electron chi connectivity index (χ4n) is 0.879. The number of nitrogens with zero attached hydrogens (tertiary/aromatic N) is 1. The van der Waals surface area contributed by atoms with Gasteiger partial charge in [-0.2, -0.15) is 5.26 Å². The van der Waals surface area contributed by atoms with E-state index in [2.05, 4.69) is 11.4 Å². The van der Waals surface area contributed by atoms with Crippen LogP contribution in [0.25, 0.3) is 0 Å². The number of hydrogen-bond donors (Lipinski definition) is 2. The summed E-state index contributed by atoms with van der Waals surface area (Å²) in [7, 11) is 0. The maximum absolute atomic E-state index is 10.7. The van der Waals surface area contributed by atoms with E-state index in [1.165, 1.54) is 18.7 Å². The molecular weight excluding hydrogens is 216 g/mol. The Bertz CT molecular complexity index is 275. The Hall–Kier alpha value is -1.22. The first-order valence-electron chi connectivity index (χ1n) is 4.52. The molecule has 0 bridgehead atoms. The molecule has 0 saturated heterocycles. The van der Waals surface area contributed by atoms with Crippen molar-refractivity contribution in [3.05, 3.63) is 0 Å². The van der Waals surface area contributed by atoms with Gasteiger partial charge in [0.25, 0.3) is 0 Å². The number of rotatable bonds is 6. The predicted molar refractivity (Wildman–Crippen MR) is 57.4 cm³/mol. The Morgan fingerprint density at radius 2 is 2.20 bits per heavy atom. The molecule has 5 nitrogen and oxygen atoms in total. The van der Waals surface area contributed by atoms with E-state index >= 15 is 0 Å². The standard InChI is InChI=1S/C9H14N2O3S/c1-3-7(4-10)15-5-8(9(13)14)11-6(2)12/h7-8H,3,5H2,1-2H3,(H,11,12)(H,13,14). The number of nitriles is 1. The van der Waals surface area contributed by atoms with Gasteiger partial charge in [0.05, 0.1) is 11.3 Å². The molecular formula is C9H14N2O3S. The molecule has 0 heterocycles. The lowest BCUT2D eigenvalue weighted by Gasteiger charge is -2.14. The summed E-state index contributed by atoms with van der Waals surface area (Å²) in [5.41, 5.74) is 0. The lowest BCUT2D eigenvalue weighted by Crippen LogP contribution is -2.41. The minimum atomic E-state index is -1.08. The summed E-state index contributed by atoms with van der Waals surface area (Å²) >= 11 is 1.24. The van der Waals surface area contributed by atoms with Crippen LogP contribution in [0.15, 0.2) is 0 Å². The number of carboxylic acids is 1. The van der Waals surface area contributed by atoms with Crippen molar-refractivity contribution in [2.24, 2.45) is 0 Å². The Balaban J connectivity index is 4.13. The SMILES string of the molecule is CCC(C#N)SCC(NC(C)=O)C(=O)O. The molecule has 2 N–H and O–H groups in total. The first-order chi connectivity index (χ1) is 7.01. The Morgan fingerprint density at radius 1 is 1.60 bits per heavy atom. The quantitative estimate of drug-likeness (QED) is 0.697. The lowest BCUT2D eigenvalue weighted by atomic mass is 10.3. The summed E-state index contributed by atoms with van der Waals surface area (Å²) in [6, 6.07) is 1.14. The van der Waals surface area contributed by atoms with Gasteiger partial charge in [-0.25, -0.2) is 4.79 Å². The monoisotopic (exact) mass is 230 g/mol. The van der Waals surface area contributed by atoms with Gasteiger partial charge < -0.3 is 10.4 Å². The minimum Gasteiger partial charge on any atom is -0.480 e. The van der Waals surface area contributed by atoms with Crippen LogP contribution in [0.4, 0.5) is 0 Å². The number of carbonyl (C=O) groups is 2. The molecule has 2 unspecified atom stereocenters. The van der Waals surface area contributed by atoms with Crippen LogP contribution < -0.4 is 5.32 Å². The summed E-state index contributed by atoms with van der Waals surface area (Å²) in [4.78, 5) is 21.4. The van der Waals surface area contributed by atoms with Crippen molar-refractivity contribution in [2.45, 2.75) is 31.6 Å². The molecule has 0 aromatic rings. The molecule has 0 aliphatic carbocycles. The zero-order valence-electron chi connectivity index (χ0n) is 8.69. The average Bonchev–Trinajstić information content (AvgIpc) is 2.16. The third kappa shape index (κ3) is 5.96. The van der Waals surface area contributed by atoms with Gasteiger partial charge >= 0.3 is 5.97 Å². The summed E-state index contributed by atoms with van der Waals surface area (Å²) in [6.07, 6.45) is 0.660. The first-order valence-corrected chi connectivity index (χ1v) is 5.57. The second-order valence-corrected chi connectivity index (χ2v) is 4.19. The third-order valence-corrected chi connectivity index (χ3v) is 3.02. The van der Waals surface area contributed by atoms with Crippen LogP contribution in [0.1, 0.15) is 20.3 Å². The maximum atomic E-state index is 10.7. The van der Waals surface area contributed by atoms with Crippen molar-refractivity contribution in [1.29, 1.82) is 5.26 Å². The summed E-state index contributed by atoms with van der Waals surface area (Å²) in [6.45, 7) is 3.12. The fraction of sp³-hybridized carbons (Fsp3) is 0.667. The van der Waals surface area contributed by atoms with Gasteiger partial charge in [-0.3, -0.25) is 4.79 Å². The van der Waals surface area contributed by atoms with Gasteiger partial charge in [0.15, 0.2) is 0 Å². The van der Waals surface area contributed by atoms with Gasteiger partial charge in [-0.15, -0.1) is 11.8 Å². The molecule has 0 aliphatic rings. The van der Waals surface area contributed by atoms with Crippen LogP contribution in [0, 0.1) is 11.3 Å². The average molecular weight is 230 g/mol. The molecule has 0 fully saturated rings. The normalized spacial score (nSPS) is 13.7. The predicted octanol–water partition coefficient (Wildman–Crippen LogP) is 0.611. The lowest BCUT2D eigenvalue weighted by molar-refractivity contribution is -0.140. The highest BCUT2D eigenvalue weighted by Crippen LogP contribution is 2.14. The molecule has 0 aliphatic heterocycles. The van der Waals surface area contributed by atoms with Gasteiger partial charge in [0.1, 0.15) is 6.04 Å². The third-order valence-electron chi connectivity index (χ3n) is 1.65. The van der Waals surface area contributed by atoms with E-state index in [4.69, 9.17) is 10.4 Å². The molecule has 0 aromatic heterocycles. The number of aliphatic carboxylic acids is 1. The highest BCUT2D eigenvalue weighted by molar-refractivity contribution is 8.00. The van der Waals surface area contributed by atoms with Crippen molar-refractivity contribution < 1.29 is 14.7 Å². The molecule has 0 aromatic carbocycles. The second kappa shape index (κ2) is 7.12. The van der Waals surface area contributed by atoms with Crippen molar-refractivity contribution >= 4 is 23.6 Å². The van der Waals surface area contributed by atoms with E-state index < -0.39 is 12.0 Å². The fourth-order valence-corrected chi connectivity index (χ4v) is 1.84. The molecule has 2 atom stereocenters. The highest BCUT2D eigenvalue weighted by Gasteiger charge is 2.19. The Kier molecular flexibility index (Phi) is 6.54. The van der Waals surface area contributed by atoms with Crippen LogP contribution in [0.3, 0.4) is 0 Å². The van der Waals surface area contributed by atoms with Crippen LogP contribution >= 0.6 is 11.8 Å². The van der Waals surface area contributed by atoms with E-state index in [0.29, 0.717) is 6.42 Å². The number of amides is 1. The van der Waals surface area contributed by atoms with Crippen molar-refractivity contribution in [2.75, 3.05) is 5.75 Å². The number of hydrogen-bond acceptors (Lipinski definition) is 4. The number of nitrogens with one attached hydrogen (secondary N) is 1. The number of carboxylic acid groups (broad SMARTS) is 1. The summed E-state index contributed by atoms with van der Waals surface area (Å²) in [5, 5.41) is 19.5. The molecule has 6 heteroatoms. The second-order valence-electron chi connectivity index (χ2n) is 2.95. The van der Waals surface area contributed by atoms with E-state index in [-0.39, 0.29) is 16.9 Å². The van der Waals surface area contributed by atoms with E-state index in [1.54, 1.807) is 0 Å². The minimum absolute atomic E-state index is 0.209. The van der Waals surface area contributed by atoms with Gasteiger partial charge in [0, 0.05) is 12.7 Å². The van der Waals surface area contributed by atoms with E-state index in [1.807, 2.05) is 6.92 Å². The van der Waals surface area contributed by atoms with Crippen molar-refractivity contribution in [3.8, 4) is 6.07 Å². The number of carbonyl (C=O) groups excluding carboxylic acids is 1. The molecule has 15 heavy (non-hydrogen) atoms. The maximum Gasteiger partial charge on any atom is 0.327 e. The molecule has 1 amide bonds. The Labute approximate surface area is 92.8 Å². The summed E-state index contributed by atoms with van der Waals surface area (Å²) < 4.78 is 0. The molecule has 0 rings (SSSR count). The van der Waals surface area contributed by atoms with Gasteiger partial charge in [-0.1, -0.05) is 6.92 Å². The van der Waals surface area contributed by atoms with Gasteiger partial charge in [0.2, 0.25) is 5.91 Å². The van der Waals surface area contributed by atoms with Crippen LogP contribution in [-0.4, -0.2) is 34.0 Å². The van der Waals surface area contributed by atoms with Gasteiger partial charge in [-0.05, 0) is 6.42 Å². The largest absolute Gasteiger partial charge is 0.480 e. The van der Waals surface area contributed by atoms with Crippen LogP contribution in [0.2, 0.25) is 0 Å². The van der Waals surface area contributed by atoms with E-state index in [0.717, 1.165) is 0 Å². The number of thioether (sulfide) groups is 1. The molecule has 0 spiro atoms. The van der Waals surface area contributed by atoms with Crippen molar-refractivity contribution in [1.82, 2.24) is 5.32 Å². The molecule has 0 saturated carbocycles. The molecule has 84 valence electrons. The smallest absolute Gasteiger partial charge is 0.327 e. The topological polar surface area (TPSA) is 90.2 Å². The Morgan fingerprint density at radius 3 is 2.53 bits per heavy atom. The van der Waals surface area contributed by atoms with E-state index in [9.17, 15) is 9.59 Å². The highest BCUT2D eigenvalue weighted by atomic mass is 32.2. The van der Waals surface area contributed by atoms with Crippen molar-refractivity contribution in [3.63, 3.8) is 0 Å².